The smallest absolute Gasteiger partial charge is 0.340 e. The van der Waals surface area contributed by atoms with Crippen LogP contribution in [0.25, 0.3) is 5.82 Å². The Kier molecular flexibility index (Phi) is 5.54. The van der Waals surface area contributed by atoms with Crippen molar-refractivity contribution >= 4 is 17.6 Å². The molecule has 7 heteroatoms. The number of aryl methyl sites for hydroxylation is 3. The van der Waals surface area contributed by atoms with Crippen LogP contribution in [0.4, 0.5) is 5.69 Å². The Morgan fingerprint density at radius 2 is 1.89 bits per heavy atom. The summed E-state index contributed by atoms with van der Waals surface area (Å²) in [5, 5.41) is 7.09. The van der Waals surface area contributed by atoms with Crippen molar-refractivity contribution in [1.82, 2.24) is 14.8 Å². The molecule has 3 rings (SSSR count). The van der Waals surface area contributed by atoms with Crippen LogP contribution >= 0.6 is 0 Å². The standard InChI is InChI=1S/C21H22N4O3/c1-13-6-5-7-18(10-13)23-20(26)16(4)28-21(27)17-8-9-19(22-12-17)25-15(3)11-14(2)24-25/h5-12,16H,1-4H3,(H,23,26). The molecule has 0 bridgehead atoms. The summed E-state index contributed by atoms with van der Waals surface area (Å²) in [5.74, 6) is -0.405. The van der Waals surface area contributed by atoms with Crippen LogP contribution in [0, 0.1) is 20.8 Å². The van der Waals surface area contributed by atoms with Gasteiger partial charge in [0.2, 0.25) is 0 Å². The summed E-state index contributed by atoms with van der Waals surface area (Å²) in [4.78, 5) is 28.8. The highest BCUT2D eigenvalue weighted by Gasteiger charge is 2.19. The lowest BCUT2D eigenvalue weighted by Crippen LogP contribution is -2.30. The first kappa shape index (κ1) is 19.3. The Bertz CT molecular complexity index is 1010. The van der Waals surface area contributed by atoms with Crippen LogP contribution in [0.5, 0.6) is 0 Å². The maximum Gasteiger partial charge on any atom is 0.340 e. The molecule has 0 spiro atoms. The molecule has 7 nitrogen and oxygen atoms in total. The van der Waals surface area contributed by atoms with Gasteiger partial charge in [0.05, 0.1) is 11.3 Å². The molecule has 2 aromatic heterocycles. The molecule has 0 aliphatic rings. The van der Waals surface area contributed by atoms with E-state index in [9.17, 15) is 9.59 Å². The SMILES string of the molecule is Cc1cccc(NC(=O)C(C)OC(=O)c2ccc(-n3nc(C)cc3C)nc2)c1. The number of nitrogens with zero attached hydrogens (tertiary/aromatic N) is 3. The molecular formula is C21H22N4O3. The predicted octanol–water partition coefficient (Wildman–Crippen LogP) is 3.38. The summed E-state index contributed by atoms with van der Waals surface area (Å²) in [5.41, 5.74) is 3.78. The lowest BCUT2D eigenvalue weighted by atomic mass is 10.2. The number of rotatable bonds is 5. The maximum absolute atomic E-state index is 12.3. The van der Waals surface area contributed by atoms with Gasteiger partial charge < -0.3 is 10.1 Å². The normalized spacial score (nSPS) is 11.7. The minimum absolute atomic E-state index is 0.264. The van der Waals surface area contributed by atoms with E-state index in [1.54, 1.807) is 22.9 Å². The van der Waals surface area contributed by atoms with E-state index in [2.05, 4.69) is 15.4 Å². The first-order chi connectivity index (χ1) is 13.3. The molecule has 0 fully saturated rings. The number of ether oxygens (including phenoxy) is 1. The average molecular weight is 378 g/mol. The van der Waals surface area contributed by atoms with Crippen molar-refractivity contribution in [2.45, 2.75) is 33.8 Å². The van der Waals surface area contributed by atoms with E-state index >= 15 is 0 Å². The number of esters is 1. The van der Waals surface area contributed by atoms with Gasteiger partial charge in [-0.3, -0.25) is 4.79 Å². The molecule has 1 atom stereocenters. The van der Waals surface area contributed by atoms with E-state index < -0.39 is 18.0 Å². The third-order valence-corrected chi connectivity index (χ3v) is 4.15. The van der Waals surface area contributed by atoms with E-state index in [0.29, 0.717) is 11.5 Å². The molecule has 144 valence electrons. The van der Waals surface area contributed by atoms with E-state index in [-0.39, 0.29) is 5.56 Å². The van der Waals surface area contributed by atoms with E-state index in [1.807, 2.05) is 45.0 Å². The van der Waals surface area contributed by atoms with Gasteiger partial charge in [-0.05, 0) is 63.6 Å². The van der Waals surface area contributed by atoms with Gasteiger partial charge in [0.15, 0.2) is 11.9 Å². The maximum atomic E-state index is 12.3. The van der Waals surface area contributed by atoms with Crippen molar-refractivity contribution in [3.8, 4) is 5.82 Å². The first-order valence-corrected chi connectivity index (χ1v) is 8.91. The Morgan fingerprint density at radius 1 is 1.11 bits per heavy atom. The summed E-state index contributed by atoms with van der Waals surface area (Å²) >= 11 is 0. The number of nitrogens with one attached hydrogen (secondary N) is 1. The Balaban J connectivity index is 1.63. The van der Waals surface area contributed by atoms with Crippen molar-refractivity contribution in [2.75, 3.05) is 5.32 Å². The van der Waals surface area contributed by atoms with Gasteiger partial charge in [-0.2, -0.15) is 5.10 Å². The molecule has 28 heavy (non-hydrogen) atoms. The third kappa shape index (κ3) is 4.43. The molecule has 0 saturated carbocycles. The van der Waals surface area contributed by atoms with Crippen molar-refractivity contribution in [2.24, 2.45) is 0 Å². The summed E-state index contributed by atoms with van der Waals surface area (Å²) < 4.78 is 6.96. The summed E-state index contributed by atoms with van der Waals surface area (Å²) in [6, 6.07) is 12.6. The number of amides is 1. The zero-order valence-electron chi connectivity index (χ0n) is 16.3. The van der Waals surface area contributed by atoms with Gasteiger partial charge in [0.25, 0.3) is 5.91 Å². The fourth-order valence-electron chi connectivity index (χ4n) is 2.74. The van der Waals surface area contributed by atoms with Crippen LogP contribution in [-0.2, 0) is 9.53 Å². The Hall–Kier alpha value is -3.48. The highest BCUT2D eigenvalue weighted by Crippen LogP contribution is 2.13. The van der Waals surface area contributed by atoms with E-state index in [1.165, 1.54) is 13.1 Å². The lowest BCUT2D eigenvalue weighted by Gasteiger charge is -2.14. The Labute approximate surface area is 163 Å². The number of carbonyl (C=O) groups excluding carboxylic acids is 2. The highest BCUT2D eigenvalue weighted by molar-refractivity contribution is 5.97. The van der Waals surface area contributed by atoms with Crippen LogP contribution in [0.1, 0.15) is 34.2 Å². The number of aromatic nitrogens is 3. The molecule has 0 aliphatic heterocycles. The average Bonchev–Trinajstić information content (AvgIpc) is 3.00. The topological polar surface area (TPSA) is 86.1 Å². The molecular weight excluding hydrogens is 356 g/mol. The van der Waals surface area contributed by atoms with Crippen molar-refractivity contribution in [3.05, 3.63) is 71.2 Å². The van der Waals surface area contributed by atoms with Crippen LogP contribution in [0.2, 0.25) is 0 Å². The number of anilines is 1. The molecule has 2 heterocycles. The minimum Gasteiger partial charge on any atom is -0.449 e. The second kappa shape index (κ2) is 8.04. The molecule has 1 unspecified atom stereocenters. The first-order valence-electron chi connectivity index (χ1n) is 8.91. The molecule has 1 amide bonds. The fourth-order valence-corrected chi connectivity index (χ4v) is 2.74. The fraction of sp³-hybridized carbons (Fsp3) is 0.238. The van der Waals surface area contributed by atoms with Gasteiger partial charge in [-0.25, -0.2) is 14.5 Å². The second-order valence-electron chi connectivity index (χ2n) is 6.65. The highest BCUT2D eigenvalue weighted by atomic mass is 16.5. The number of hydrogen-bond acceptors (Lipinski definition) is 5. The monoisotopic (exact) mass is 378 g/mol. The summed E-state index contributed by atoms with van der Waals surface area (Å²) in [7, 11) is 0. The Morgan fingerprint density at radius 3 is 2.50 bits per heavy atom. The molecule has 1 aromatic carbocycles. The zero-order chi connectivity index (χ0) is 20.3. The van der Waals surface area contributed by atoms with Crippen LogP contribution in [0.15, 0.2) is 48.7 Å². The minimum atomic E-state index is -0.941. The third-order valence-electron chi connectivity index (χ3n) is 4.15. The predicted molar refractivity (Wildman–Crippen MR) is 106 cm³/mol. The van der Waals surface area contributed by atoms with E-state index in [0.717, 1.165) is 17.0 Å². The van der Waals surface area contributed by atoms with Gasteiger partial charge in [-0.1, -0.05) is 12.1 Å². The number of carbonyl (C=O) groups is 2. The van der Waals surface area contributed by atoms with Gasteiger partial charge in [0.1, 0.15) is 0 Å². The number of hydrogen-bond donors (Lipinski definition) is 1. The summed E-state index contributed by atoms with van der Waals surface area (Å²) in [6.07, 6.45) is 0.475. The van der Waals surface area contributed by atoms with Gasteiger partial charge >= 0.3 is 5.97 Å². The summed E-state index contributed by atoms with van der Waals surface area (Å²) in [6.45, 7) is 7.29. The van der Waals surface area contributed by atoms with E-state index in [4.69, 9.17) is 4.74 Å². The van der Waals surface area contributed by atoms with Crippen LogP contribution in [0.3, 0.4) is 0 Å². The van der Waals surface area contributed by atoms with Crippen molar-refractivity contribution in [1.29, 1.82) is 0 Å². The van der Waals surface area contributed by atoms with Crippen molar-refractivity contribution in [3.63, 3.8) is 0 Å². The molecule has 0 saturated heterocycles. The molecule has 0 aliphatic carbocycles. The zero-order valence-corrected chi connectivity index (χ0v) is 16.3. The van der Waals surface area contributed by atoms with Gasteiger partial charge in [-0.15, -0.1) is 0 Å². The number of benzene rings is 1. The van der Waals surface area contributed by atoms with Crippen LogP contribution < -0.4 is 5.32 Å². The molecule has 3 aromatic rings. The molecule has 1 N–H and O–H groups in total. The largest absolute Gasteiger partial charge is 0.449 e. The number of pyridine rings is 1. The molecule has 0 radical (unpaired) electrons. The lowest BCUT2D eigenvalue weighted by molar-refractivity contribution is -0.123. The second-order valence-corrected chi connectivity index (χ2v) is 6.65. The van der Waals surface area contributed by atoms with Crippen molar-refractivity contribution < 1.29 is 14.3 Å². The van der Waals surface area contributed by atoms with Gasteiger partial charge in [0, 0.05) is 17.6 Å². The quantitative estimate of drug-likeness (QED) is 0.688. The van der Waals surface area contributed by atoms with Crippen LogP contribution in [-0.4, -0.2) is 32.7 Å².